The van der Waals surface area contributed by atoms with Gasteiger partial charge < -0.3 is 25.4 Å². The number of hydrogen-bond acceptors (Lipinski definition) is 9. The van der Waals surface area contributed by atoms with Crippen LogP contribution in [0.5, 0.6) is 5.88 Å². The molecule has 6 rings (SSSR count). The summed E-state index contributed by atoms with van der Waals surface area (Å²) >= 11 is 0. The molecular weight excluding hydrogens is 515 g/mol. The minimum atomic E-state index is -1.01. The fourth-order valence-corrected chi connectivity index (χ4v) is 5.20. The van der Waals surface area contributed by atoms with Crippen molar-refractivity contribution in [1.82, 2.24) is 19.9 Å². The Bertz CT molecular complexity index is 1510. The maximum absolute atomic E-state index is 13.3. The van der Waals surface area contributed by atoms with Crippen molar-refractivity contribution in [2.45, 2.75) is 70.4 Å². The zero-order chi connectivity index (χ0) is 28.3. The number of amides is 1. The minimum Gasteiger partial charge on any atom is -0.470 e. The number of aromatic nitrogens is 3. The van der Waals surface area contributed by atoms with E-state index in [1.165, 1.54) is 0 Å². The molecule has 1 saturated heterocycles. The number of nitrogens with zero attached hydrogens (tertiary/aromatic N) is 4. The molecule has 0 spiro atoms. The van der Waals surface area contributed by atoms with Gasteiger partial charge in [0.15, 0.2) is 0 Å². The van der Waals surface area contributed by atoms with Gasteiger partial charge in [0.1, 0.15) is 29.5 Å². The minimum absolute atomic E-state index is 0.0909. The van der Waals surface area contributed by atoms with E-state index in [4.69, 9.17) is 20.2 Å². The molecule has 3 aliphatic rings. The Hall–Kier alpha value is -3.86. The molecule has 210 valence electrons. The number of carbonyl (C=O) groups is 2. The first-order chi connectivity index (χ1) is 19.1. The number of ether oxygens (including phenoxy) is 2. The normalized spacial score (nSPS) is 24.1. The van der Waals surface area contributed by atoms with Gasteiger partial charge >= 0.3 is 5.97 Å². The molecule has 11 heteroatoms. The van der Waals surface area contributed by atoms with Crippen LogP contribution in [0.15, 0.2) is 30.6 Å². The van der Waals surface area contributed by atoms with Crippen LogP contribution < -0.4 is 15.8 Å². The fraction of sp³-hybridized carbons (Fsp3) is 0.483. The van der Waals surface area contributed by atoms with Crippen molar-refractivity contribution in [1.29, 1.82) is 0 Å². The summed E-state index contributed by atoms with van der Waals surface area (Å²) in [7, 11) is 0. The monoisotopic (exact) mass is 548 g/mol. The average Bonchev–Trinajstić information content (AvgIpc) is 3.64. The maximum atomic E-state index is 13.3. The Labute approximate surface area is 231 Å². The third kappa shape index (κ3) is 4.61. The molecule has 2 fully saturated rings. The van der Waals surface area contributed by atoms with E-state index in [1.54, 1.807) is 29.4 Å². The van der Waals surface area contributed by atoms with Gasteiger partial charge in [-0.05, 0) is 55.8 Å². The largest absolute Gasteiger partial charge is 0.470 e. The number of carbonyl (C=O) groups excluding carboxylic acids is 2. The summed E-state index contributed by atoms with van der Waals surface area (Å²) < 4.78 is 25.0. The molecule has 1 saturated carbocycles. The summed E-state index contributed by atoms with van der Waals surface area (Å²) in [5.41, 5.74) is 7.77. The smallest absolute Gasteiger partial charge is 0.340 e. The van der Waals surface area contributed by atoms with Crippen molar-refractivity contribution < 1.29 is 23.5 Å². The predicted octanol–water partition coefficient (Wildman–Crippen LogP) is 4.18. The highest BCUT2D eigenvalue weighted by Gasteiger charge is 2.48. The number of pyridine rings is 3. The van der Waals surface area contributed by atoms with Gasteiger partial charge in [-0.25, -0.2) is 24.1 Å². The molecule has 0 radical (unpaired) electrons. The Morgan fingerprint density at radius 3 is 2.70 bits per heavy atom. The molecule has 1 aliphatic carbocycles. The molecule has 10 nitrogen and oxygen atoms in total. The van der Waals surface area contributed by atoms with Crippen LogP contribution in [0.2, 0.25) is 0 Å². The summed E-state index contributed by atoms with van der Waals surface area (Å²) in [5.74, 6) is 0.423. The van der Waals surface area contributed by atoms with Crippen LogP contribution >= 0.6 is 0 Å². The Morgan fingerprint density at radius 1 is 1.25 bits per heavy atom. The third-order valence-corrected chi connectivity index (χ3v) is 8.28. The second-order valence-electron chi connectivity index (χ2n) is 11.5. The van der Waals surface area contributed by atoms with Crippen LogP contribution in [0.3, 0.4) is 0 Å². The number of cyclic esters (lactones) is 1. The van der Waals surface area contributed by atoms with Crippen molar-refractivity contribution in [3.63, 3.8) is 0 Å². The van der Waals surface area contributed by atoms with E-state index in [-0.39, 0.29) is 29.9 Å². The highest BCUT2D eigenvalue weighted by atomic mass is 19.1. The van der Waals surface area contributed by atoms with Gasteiger partial charge in [-0.2, -0.15) is 0 Å². The summed E-state index contributed by atoms with van der Waals surface area (Å²) in [6.07, 6.45) is 3.21. The number of halogens is 1. The highest BCUT2D eigenvalue weighted by molar-refractivity contribution is 5.93. The number of nitrogens with one attached hydrogen (secondary N) is 1. The molecule has 0 bridgehead atoms. The van der Waals surface area contributed by atoms with Crippen LogP contribution in [-0.2, 0) is 9.53 Å². The maximum Gasteiger partial charge on any atom is 0.340 e. The topological polar surface area (TPSA) is 133 Å². The average molecular weight is 549 g/mol. The SMILES string of the molecule is CCC(N)c1cnc(OC2CN(C(=O)[C@@H]3C[C@@H]3F)C2)c2cnc(Nc3ccc4c(n3)[C@@H](C)C(C)(C)OC4=O)cc12. The summed E-state index contributed by atoms with van der Waals surface area (Å²) in [6, 6.07) is 5.10. The number of rotatable bonds is 7. The molecule has 3 aromatic rings. The molecule has 3 aromatic heterocycles. The quantitative estimate of drug-likeness (QED) is 0.417. The summed E-state index contributed by atoms with van der Waals surface area (Å²) in [4.78, 5) is 40.2. The molecule has 1 unspecified atom stereocenters. The Morgan fingerprint density at radius 2 is 2.00 bits per heavy atom. The highest BCUT2D eigenvalue weighted by Crippen LogP contribution is 2.39. The zero-order valence-electron chi connectivity index (χ0n) is 23.0. The van der Waals surface area contributed by atoms with Crippen LogP contribution in [0.25, 0.3) is 10.8 Å². The lowest BCUT2D eigenvalue weighted by Crippen LogP contribution is -2.56. The first kappa shape index (κ1) is 26.4. The van der Waals surface area contributed by atoms with Gasteiger partial charge in [-0.15, -0.1) is 0 Å². The second kappa shape index (κ2) is 9.65. The number of esters is 1. The standard InChI is InChI=1S/C29H33FN6O4/c1-5-22(31)19-10-33-26(39-15-12-36(13-15)27(37)18-8-21(18)30)20-11-32-24(9-17(19)20)34-23-7-6-16-25(35-23)14(2)29(3,4)40-28(16)38/h6-7,9-11,14-15,18,21-22H,5,8,12-13,31H2,1-4H3,(H,32,34,35)/t14-,18-,21+,22?/m1/s1. The van der Waals surface area contributed by atoms with Gasteiger partial charge in [0.2, 0.25) is 11.8 Å². The van der Waals surface area contributed by atoms with Crippen molar-refractivity contribution in [3.05, 3.63) is 47.4 Å². The van der Waals surface area contributed by atoms with Gasteiger partial charge in [-0.3, -0.25) is 4.79 Å². The number of nitrogens with two attached hydrogens (primary N) is 1. The van der Waals surface area contributed by atoms with Gasteiger partial charge in [0.25, 0.3) is 0 Å². The molecule has 1 amide bonds. The molecule has 3 N–H and O–H groups in total. The van der Waals surface area contributed by atoms with E-state index < -0.39 is 17.7 Å². The Kier molecular flexibility index (Phi) is 6.36. The van der Waals surface area contributed by atoms with E-state index in [0.29, 0.717) is 60.1 Å². The third-order valence-electron chi connectivity index (χ3n) is 8.28. The molecule has 40 heavy (non-hydrogen) atoms. The molecule has 0 aromatic carbocycles. The number of alkyl halides is 1. The van der Waals surface area contributed by atoms with Gasteiger partial charge in [0.05, 0.1) is 35.7 Å². The van der Waals surface area contributed by atoms with Crippen molar-refractivity contribution >= 4 is 34.3 Å². The molecular formula is C29H33FN6O4. The summed E-state index contributed by atoms with van der Waals surface area (Å²) in [5, 5.41) is 4.82. The lowest BCUT2D eigenvalue weighted by molar-refractivity contribution is -0.141. The van der Waals surface area contributed by atoms with E-state index in [0.717, 1.165) is 10.9 Å². The van der Waals surface area contributed by atoms with E-state index in [9.17, 15) is 14.0 Å². The van der Waals surface area contributed by atoms with E-state index >= 15 is 0 Å². The van der Waals surface area contributed by atoms with Crippen LogP contribution in [-0.4, -0.2) is 62.7 Å². The van der Waals surface area contributed by atoms with Gasteiger partial charge in [0, 0.05) is 24.4 Å². The van der Waals surface area contributed by atoms with Crippen molar-refractivity contribution in [2.75, 3.05) is 18.4 Å². The lowest BCUT2D eigenvalue weighted by Gasteiger charge is -2.39. The second-order valence-corrected chi connectivity index (χ2v) is 11.5. The number of hydrogen-bond donors (Lipinski definition) is 2. The number of fused-ring (bicyclic) bond motifs is 2. The molecule has 5 heterocycles. The van der Waals surface area contributed by atoms with E-state index in [2.05, 4.69) is 15.3 Å². The molecule has 4 atom stereocenters. The van der Waals surface area contributed by atoms with Crippen molar-refractivity contribution in [3.8, 4) is 5.88 Å². The Balaban J connectivity index is 1.26. The first-order valence-electron chi connectivity index (χ1n) is 13.7. The van der Waals surface area contributed by atoms with Gasteiger partial charge in [-0.1, -0.05) is 13.8 Å². The number of anilines is 2. The zero-order valence-corrected chi connectivity index (χ0v) is 23.0. The first-order valence-corrected chi connectivity index (χ1v) is 13.7. The number of likely N-dealkylation sites (tertiary alicyclic amines) is 1. The lowest BCUT2D eigenvalue weighted by atomic mass is 9.84. The fourth-order valence-electron chi connectivity index (χ4n) is 5.20. The van der Waals surface area contributed by atoms with Crippen molar-refractivity contribution in [2.24, 2.45) is 11.7 Å². The predicted molar refractivity (Wildman–Crippen MR) is 146 cm³/mol. The van der Waals surface area contributed by atoms with Crippen LogP contribution in [0.4, 0.5) is 16.0 Å². The molecule has 2 aliphatic heterocycles. The van der Waals surface area contributed by atoms with Crippen LogP contribution in [0.1, 0.15) is 74.1 Å². The van der Waals surface area contributed by atoms with Crippen LogP contribution in [0, 0.1) is 5.92 Å². The van der Waals surface area contributed by atoms with E-state index in [1.807, 2.05) is 33.8 Å². The summed E-state index contributed by atoms with van der Waals surface area (Å²) in [6.45, 7) is 8.56.